The molecule has 0 saturated carbocycles. The van der Waals surface area contributed by atoms with E-state index in [9.17, 15) is 9.59 Å². The highest BCUT2D eigenvalue weighted by molar-refractivity contribution is 5.96. The molecule has 0 bridgehead atoms. The Bertz CT molecular complexity index is 486. The van der Waals surface area contributed by atoms with E-state index in [0.717, 1.165) is 11.3 Å². The summed E-state index contributed by atoms with van der Waals surface area (Å²) in [4.78, 5) is 23.4. The fraction of sp³-hybridized carbons (Fsp3) is 0.429. The van der Waals surface area contributed by atoms with Crippen molar-refractivity contribution in [3.05, 3.63) is 29.3 Å². The first-order valence-corrected chi connectivity index (χ1v) is 6.59. The van der Waals surface area contributed by atoms with Crippen LogP contribution in [0.2, 0.25) is 0 Å². The van der Waals surface area contributed by atoms with Crippen LogP contribution in [0, 0.1) is 6.92 Å². The third kappa shape index (κ3) is 4.89. The number of nitrogen functional groups attached to an aromatic ring is 1. The van der Waals surface area contributed by atoms with Gasteiger partial charge >= 0.3 is 0 Å². The summed E-state index contributed by atoms with van der Waals surface area (Å²) in [6, 6.07) is 5.33. The van der Waals surface area contributed by atoms with Crippen LogP contribution in [-0.4, -0.2) is 24.4 Å². The van der Waals surface area contributed by atoms with Crippen LogP contribution in [0.15, 0.2) is 18.2 Å². The molecule has 0 fully saturated rings. The van der Waals surface area contributed by atoms with Crippen molar-refractivity contribution >= 4 is 17.5 Å². The van der Waals surface area contributed by atoms with Gasteiger partial charge in [-0.2, -0.15) is 0 Å². The normalized spacial score (nSPS) is 10.2. The Morgan fingerprint density at radius 3 is 2.55 bits per heavy atom. The molecule has 0 heterocycles. The third-order valence-electron chi connectivity index (χ3n) is 2.72. The molecule has 110 valence electrons. The molecule has 1 rings (SSSR count). The van der Waals surface area contributed by atoms with Crippen molar-refractivity contribution in [3.8, 4) is 0 Å². The Labute approximate surface area is 119 Å². The summed E-state index contributed by atoms with van der Waals surface area (Å²) >= 11 is 0. The van der Waals surface area contributed by atoms with E-state index in [1.54, 1.807) is 18.2 Å². The Morgan fingerprint density at radius 1 is 1.30 bits per heavy atom. The van der Waals surface area contributed by atoms with Gasteiger partial charge in [-0.15, -0.1) is 0 Å². The minimum absolute atomic E-state index is 0.0697. The number of nitrogens with one attached hydrogen (secondary N) is 3. The zero-order chi connectivity index (χ0) is 15.1. The zero-order valence-corrected chi connectivity index (χ0v) is 12.1. The van der Waals surface area contributed by atoms with E-state index in [-0.39, 0.29) is 24.3 Å². The Hall–Kier alpha value is -2.08. The SMILES string of the molecule is Cc1cc(NN)ccc1C(=O)NCCC(=O)NC(C)C. The summed E-state index contributed by atoms with van der Waals surface area (Å²) in [6.45, 7) is 5.94. The van der Waals surface area contributed by atoms with Gasteiger partial charge in [0, 0.05) is 30.3 Å². The number of benzene rings is 1. The van der Waals surface area contributed by atoms with E-state index in [1.165, 1.54) is 0 Å². The number of aryl methyl sites for hydroxylation is 1. The lowest BCUT2D eigenvalue weighted by Gasteiger charge is -2.10. The maximum absolute atomic E-state index is 12.0. The second-order valence-electron chi connectivity index (χ2n) is 4.90. The topological polar surface area (TPSA) is 96.2 Å². The zero-order valence-electron chi connectivity index (χ0n) is 12.1. The van der Waals surface area contributed by atoms with E-state index in [4.69, 9.17) is 5.84 Å². The van der Waals surface area contributed by atoms with Crippen LogP contribution in [-0.2, 0) is 4.79 Å². The third-order valence-corrected chi connectivity index (χ3v) is 2.72. The minimum atomic E-state index is -0.191. The molecule has 20 heavy (non-hydrogen) atoms. The van der Waals surface area contributed by atoms with Gasteiger partial charge in [0.2, 0.25) is 5.91 Å². The van der Waals surface area contributed by atoms with Crippen LogP contribution in [0.25, 0.3) is 0 Å². The number of hydrazine groups is 1. The summed E-state index contributed by atoms with van der Waals surface area (Å²) < 4.78 is 0. The predicted molar refractivity (Wildman–Crippen MR) is 79.2 cm³/mol. The Balaban J connectivity index is 2.49. The van der Waals surface area contributed by atoms with Crippen molar-refractivity contribution in [2.24, 2.45) is 5.84 Å². The van der Waals surface area contributed by atoms with Crippen LogP contribution in [0.4, 0.5) is 5.69 Å². The van der Waals surface area contributed by atoms with Gasteiger partial charge in [-0.25, -0.2) is 0 Å². The van der Waals surface area contributed by atoms with E-state index in [1.807, 2.05) is 20.8 Å². The molecule has 2 amide bonds. The fourth-order valence-corrected chi connectivity index (χ4v) is 1.79. The lowest BCUT2D eigenvalue weighted by atomic mass is 10.1. The van der Waals surface area contributed by atoms with Crippen LogP contribution in [0.1, 0.15) is 36.2 Å². The summed E-state index contributed by atoms with van der Waals surface area (Å²) in [6.07, 6.45) is 0.269. The second-order valence-corrected chi connectivity index (χ2v) is 4.90. The Kier molecular flexibility index (Phi) is 5.99. The highest BCUT2D eigenvalue weighted by atomic mass is 16.2. The lowest BCUT2D eigenvalue weighted by molar-refractivity contribution is -0.121. The number of hydrogen-bond donors (Lipinski definition) is 4. The average Bonchev–Trinajstić information content (AvgIpc) is 2.37. The van der Waals surface area contributed by atoms with Crippen molar-refractivity contribution in [2.45, 2.75) is 33.2 Å². The molecule has 6 nitrogen and oxygen atoms in total. The smallest absolute Gasteiger partial charge is 0.251 e. The number of rotatable bonds is 6. The molecule has 0 radical (unpaired) electrons. The van der Waals surface area contributed by atoms with Gasteiger partial charge in [-0.1, -0.05) is 0 Å². The maximum atomic E-state index is 12.0. The average molecular weight is 278 g/mol. The van der Waals surface area contributed by atoms with Gasteiger partial charge in [-0.3, -0.25) is 15.4 Å². The van der Waals surface area contributed by atoms with Crippen LogP contribution < -0.4 is 21.9 Å². The van der Waals surface area contributed by atoms with E-state index >= 15 is 0 Å². The highest BCUT2D eigenvalue weighted by Gasteiger charge is 2.10. The monoisotopic (exact) mass is 278 g/mol. The predicted octanol–water partition coefficient (Wildman–Crippen LogP) is 0.925. The second kappa shape index (κ2) is 7.49. The quantitative estimate of drug-likeness (QED) is 0.459. The number of hydrogen-bond acceptors (Lipinski definition) is 4. The van der Waals surface area contributed by atoms with E-state index in [0.29, 0.717) is 12.1 Å². The standard InChI is InChI=1S/C14H22N4O2/c1-9(2)17-13(19)6-7-16-14(20)12-5-4-11(18-15)8-10(12)3/h4-5,8-9,18H,6-7,15H2,1-3H3,(H,16,20)(H,17,19). The van der Waals surface area contributed by atoms with E-state index < -0.39 is 0 Å². The minimum Gasteiger partial charge on any atom is -0.354 e. The number of nitrogens with two attached hydrogens (primary N) is 1. The molecule has 0 aliphatic heterocycles. The molecule has 5 N–H and O–H groups in total. The van der Waals surface area contributed by atoms with Gasteiger partial charge in [0.1, 0.15) is 0 Å². The van der Waals surface area contributed by atoms with Gasteiger partial charge in [0.15, 0.2) is 0 Å². The van der Waals surface area contributed by atoms with Crippen molar-refractivity contribution in [1.29, 1.82) is 0 Å². The summed E-state index contributed by atoms with van der Waals surface area (Å²) in [5.41, 5.74) is 4.67. The molecule has 1 aromatic carbocycles. The van der Waals surface area contributed by atoms with E-state index in [2.05, 4.69) is 16.1 Å². The molecule has 0 atom stereocenters. The Morgan fingerprint density at radius 2 is 2.00 bits per heavy atom. The van der Waals surface area contributed by atoms with Gasteiger partial charge < -0.3 is 16.1 Å². The molecular formula is C14H22N4O2. The molecule has 6 heteroatoms. The summed E-state index contributed by atoms with van der Waals surface area (Å²) in [5, 5.41) is 5.50. The molecule has 0 aromatic heterocycles. The van der Waals surface area contributed by atoms with Crippen molar-refractivity contribution in [3.63, 3.8) is 0 Å². The first-order valence-electron chi connectivity index (χ1n) is 6.59. The molecule has 1 aromatic rings. The maximum Gasteiger partial charge on any atom is 0.251 e. The van der Waals surface area contributed by atoms with Crippen molar-refractivity contribution in [1.82, 2.24) is 10.6 Å². The number of carbonyl (C=O) groups is 2. The van der Waals surface area contributed by atoms with Crippen LogP contribution in [0.3, 0.4) is 0 Å². The molecular weight excluding hydrogens is 256 g/mol. The van der Waals surface area contributed by atoms with Crippen molar-refractivity contribution in [2.75, 3.05) is 12.0 Å². The summed E-state index contributed by atoms with van der Waals surface area (Å²) in [7, 11) is 0. The highest BCUT2D eigenvalue weighted by Crippen LogP contribution is 2.14. The number of anilines is 1. The lowest BCUT2D eigenvalue weighted by Crippen LogP contribution is -2.34. The molecule has 0 spiro atoms. The fourth-order valence-electron chi connectivity index (χ4n) is 1.79. The molecule has 0 saturated heterocycles. The van der Waals surface area contributed by atoms with Crippen LogP contribution in [0.5, 0.6) is 0 Å². The molecule has 0 aliphatic carbocycles. The summed E-state index contributed by atoms with van der Waals surface area (Å²) in [5.74, 6) is 5.04. The largest absolute Gasteiger partial charge is 0.354 e. The van der Waals surface area contributed by atoms with Gasteiger partial charge in [-0.05, 0) is 44.5 Å². The number of amides is 2. The number of carbonyl (C=O) groups excluding carboxylic acids is 2. The molecule has 0 aliphatic rings. The van der Waals surface area contributed by atoms with Gasteiger partial charge in [0.25, 0.3) is 5.91 Å². The molecule has 0 unspecified atom stereocenters. The van der Waals surface area contributed by atoms with Gasteiger partial charge in [0.05, 0.1) is 0 Å². The first-order chi connectivity index (χ1) is 9.43. The first kappa shape index (κ1) is 16.0. The van der Waals surface area contributed by atoms with Crippen molar-refractivity contribution < 1.29 is 9.59 Å². The van der Waals surface area contributed by atoms with Crippen LogP contribution >= 0.6 is 0 Å².